The van der Waals surface area contributed by atoms with Crippen molar-refractivity contribution in [3.63, 3.8) is 0 Å². The third-order valence-electron chi connectivity index (χ3n) is 3.30. The number of nitrogens with one attached hydrogen (secondary N) is 1. The van der Waals surface area contributed by atoms with Crippen LogP contribution in [0.2, 0.25) is 0 Å². The van der Waals surface area contributed by atoms with Crippen LogP contribution in [-0.4, -0.2) is 48.8 Å². The fourth-order valence-corrected chi connectivity index (χ4v) is 2.35. The van der Waals surface area contributed by atoms with Crippen molar-refractivity contribution in [3.8, 4) is 0 Å². The Hall–Kier alpha value is -0.120. The number of hydrogen-bond donors (Lipinski definition) is 2. The van der Waals surface area contributed by atoms with Crippen molar-refractivity contribution in [1.82, 2.24) is 10.2 Å². The summed E-state index contributed by atoms with van der Waals surface area (Å²) in [5, 5.41) is 12.2. The molecule has 0 aromatic carbocycles. The molecule has 0 bridgehead atoms. The molecule has 1 heterocycles. The number of rotatable bonds is 8. The molecule has 0 radical (unpaired) electrons. The van der Waals surface area contributed by atoms with Crippen molar-refractivity contribution in [1.29, 1.82) is 0 Å². The predicted octanol–water partition coefficient (Wildman–Crippen LogP) is 1.22. The number of likely N-dealkylation sites (tertiary alicyclic amines) is 1. The van der Waals surface area contributed by atoms with Gasteiger partial charge in [0.2, 0.25) is 0 Å². The van der Waals surface area contributed by atoms with Crippen LogP contribution in [0.1, 0.15) is 39.0 Å². The molecule has 2 N–H and O–H groups in total. The van der Waals surface area contributed by atoms with Crippen LogP contribution in [0, 0.1) is 0 Å². The van der Waals surface area contributed by atoms with Crippen LogP contribution in [0.4, 0.5) is 0 Å². The van der Waals surface area contributed by atoms with Gasteiger partial charge in [0.15, 0.2) is 0 Å². The van der Waals surface area contributed by atoms with Gasteiger partial charge in [0, 0.05) is 19.2 Å². The van der Waals surface area contributed by atoms with Gasteiger partial charge >= 0.3 is 0 Å². The van der Waals surface area contributed by atoms with Crippen LogP contribution in [0.15, 0.2) is 0 Å². The summed E-state index contributed by atoms with van der Waals surface area (Å²) in [6.45, 7) is 7.32. The van der Waals surface area contributed by atoms with E-state index in [9.17, 15) is 0 Å². The lowest BCUT2D eigenvalue weighted by atomic mass is 10.2. The summed E-state index contributed by atoms with van der Waals surface area (Å²) in [7, 11) is 0. The molecule has 15 heavy (non-hydrogen) atoms. The third kappa shape index (κ3) is 4.96. The molecule has 0 saturated carbocycles. The van der Waals surface area contributed by atoms with Gasteiger partial charge in [-0.3, -0.25) is 4.90 Å². The Balaban J connectivity index is 1.95. The highest BCUT2D eigenvalue weighted by Crippen LogP contribution is 2.15. The van der Waals surface area contributed by atoms with Gasteiger partial charge in [0.25, 0.3) is 0 Å². The molecule has 3 heteroatoms. The lowest BCUT2D eigenvalue weighted by Gasteiger charge is -2.22. The number of unbranched alkanes of at least 4 members (excludes halogenated alkanes) is 2. The van der Waals surface area contributed by atoms with E-state index in [-0.39, 0.29) is 0 Å². The van der Waals surface area contributed by atoms with Crippen molar-refractivity contribution >= 4 is 0 Å². The number of nitrogens with zero attached hydrogens (tertiary/aromatic N) is 1. The molecule has 1 rings (SSSR count). The van der Waals surface area contributed by atoms with Crippen LogP contribution < -0.4 is 5.32 Å². The molecule has 90 valence electrons. The van der Waals surface area contributed by atoms with Crippen molar-refractivity contribution in [3.05, 3.63) is 0 Å². The minimum atomic E-state index is 0.340. The van der Waals surface area contributed by atoms with Gasteiger partial charge in [-0.2, -0.15) is 0 Å². The van der Waals surface area contributed by atoms with Crippen LogP contribution in [0.3, 0.4) is 0 Å². The summed E-state index contributed by atoms with van der Waals surface area (Å²) in [6, 6.07) is 0.771. The predicted molar refractivity (Wildman–Crippen MR) is 64.1 cm³/mol. The fraction of sp³-hybridized carbons (Fsp3) is 1.00. The lowest BCUT2D eigenvalue weighted by molar-refractivity contribution is 0.258. The molecule has 0 aliphatic carbocycles. The van der Waals surface area contributed by atoms with E-state index in [1.807, 2.05) is 0 Å². The van der Waals surface area contributed by atoms with Crippen molar-refractivity contribution < 1.29 is 5.11 Å². The van der Waals surface area contributed by atoms with Crippen LogP contribution in [0.25, 0.3) is 0 Å². The van der Waals surface area contributed by atoms with Crippen LogP contribution in [0.5, 0.6) is 0 Å². The van der Waals surface area contributed by atoms with E-state index in [4.69, 9.17) is 5.11 Å². The smallest absolute Gasteiger partial charge is 0.0431 e. The monoisotopic (exact) mass is 214 g/mol. The average Bonchev–Trinajstić information content (AvgIpc) is 2.70. The molecule has 3 nitrogen and oxygen atoms in total. The Morgan fingerprint density at radius 3 is 2.93 bits per heavy atom. The van der Waals surface area contributed by atoms with Gasteiger partial charge in [-0.25, -0.2) is 0 Å². The first kappa shape index (κ1) is 12.9. The lowest BCUT2D eigenvalue weighted by Crippen LogP contribution is -2.38. The SMILES string of the molecule is CCN1CCCC1CNCCCCCO. The van der Waals surface area contributed by atoms with Gasteiger partial charge in [-0.15, -0.1) is 0 Å². The molecule has 1 atom stereocenters. The second kappa shape index (κ2) is 8.08. The number of aliphatic hydroxyl groups excluding tert-OH is 1. The average molecular weight is 214 g/mol. The second-order valence-electron chi connectivity index (χ2n) is 4.41. The summed E-state index contributed by atoms with van der Waals surface area (Å²) in [6.07, 6.45) is 6.01. The molecule has 0 aromatic heterocycles. The van der Waals surface area contributed by atoms with Gasteiger partial charge in [-0.05, 0) is 51.7 Å². The van der Waals surface area contributed by atoms with E-state index in [1.54, 1.807) is 0 Å². The molecular formula is C12H26N2O. The van der Waals surface area contributed by atoms with Gasteiger partial charge in [0.1, 0.15) is 0 Å². The minimum absolute atomic E-state index is 0.340. The molecule has 0 spiro atoms. The summed E-state index contributed by atoms with van der Waals surface area (Å²) in [4.78, 5) is 2.57. The molecule has 1 aliphatic rings. The normalized spacial score (nSPS) is 22.4. The molecule has 1 saturated heterocycles. The van der Waals surface area contributed by atoms with Gasteiger partial charge < -0.3 is 10.4 Å². The molecule has 1 unspecified atom stereocenters. The topological polar surface area (TPSA) is 35.5 Å². The zero-order chi connectivity index (χ0) is 10.9. The maximum absolute atomic E-state index is 8.63. The maximum atomic E-state index is 8.63. The third-order valence-corrected chi connectivity index (χ3v) is 3.30. The Labute approximate surface area is 93.9 Å². The van der Waals surface area contributed by atoms with Crippen molar-refractivity contribution in [2.24, 2.45) is 0 Å². The second-order valence-corrected chi connectivity index (χ2v) is 4.41. The molecule has 1 fully saturated rings. The fourth-order valence-electron chi connectivity index (χ4n) is 2.35. The zero-order valence-corrected chi connectivity index (χ0v) is 10.0. The molecular weight excluding hydrogens is 188 g/mol. The number of likely N-dealkylation sites (N-methyl/N-ethyl adjacent to an activating group) is 1. The van der Waals surface area contributed by atoms with E-state index in [0.29, 0.717) is 6.61 Å². The molecule has 1 aliphatic heterocycles. The van der Waals surface area contributed by atoms with Crippen LogP contribution in [-0.2, 0) is 0 Å². The number of hydrogen-bond acceptors (Lipinski definition) is 3. The first-order chi connectivity index (χ1) is 7.38. The highest BCUT2D eigenvalue weighted by Gasteiger charge is 2.21. The minimum Gasteiger partial charge on any atom is -0.396 e. The van der Waals surface area contributed by atoms with E-state index in [2.05, 4.69) is 17.1 Å². The van der Waals surface area contributed by atoms with E-state index >= 15 is 0 Å². The Morgan fingerprint density at radius 1 is 1.33 bits per heavy atom. The Bertz CT molecular complexity index is 153. The molecule has 0 aromatic rings. The van der Waals surface area contributed by atoms with E-state index in [0.717, 1.165) is 32.0 Å². The quantitative estimate of drug-likeness (QED) is 0.596. The first-order valence-corrected chi connectivity index (χ1v) is 6.44. The Kier molecular flexibility index (Phi) is 6.98. The van der Waals surface area contributed by atoms with Crippen LogP contribution >= 0.6 is 0 Å². The van der Waals surface area contributed by atoms with Crippen molar-refractivity contribution in [2.75, 3.05) is 32.8 Å². The summed E-state index contributed by atoms with van der Waals surface area (Å²) in [5.41, 5.74) is 0. The van der Waals surface area contributed by atoms with Crippen molar-refractivity contribution in [2.45, 2.75) is 45.1 Å². The Morgan fingerprint density at radius 2 is 2.20 bits per heavy atom. The molecule has 0 amide bonds. The van der Waals surface area contributed by atoms with Gasteiger partial charge in [0.05, 0.1) is 0 Å². The largest absolute Gasteiger partial charge is 0.396 e. The van der Waals surface area contributed by atoms with Gasteiger partial charge in [-0.1, -0.05) is 6.92 Å². The first-order valence-electron chi connectivity index (χ1n) is 6.44. The maximum Gasteiger partial charge on any atom is 0.0431 e. The highest BCUT2D eigenvalue weighted by molar-refractivity contribution is 4.79. The zero-order valence-electron chi connectivity index (χ0n) is 10.0. The number of aliphatic hydroxyl groups is 1. The summed E-state index contributed by atoms with van der Waals surface area (Å²) < 4.78 is 0. The highest BCUT2D eigenvalue weighted by atomic mass is 16.2. The van der Waals surface area contributed by atoms with E-state index < -0.39 is 0 Å². The van der Waals surface area contributed by atoms with E-state index in [1.165, 1.54) is 32.4 Å². The summed E-state index contributed by atoms with van der Waals surface area (Å²) in [5.74, 6) is 0. The summed E-state index contributed by atoms with van der Waals surface area (Å²) >= 11 is 0. The standard InChI is InChI=1S/C12H26N2O/c1-2-14-9-6-7-12(14)11-13-8-4-3-5-10-15/h12-13,15H,2-11H2,1H3.